The summed E-state index contributed by atoms with van der Waals surface area (Å²) in [5.74, 6) is -0.757. The van der Waals surface area contributed by atoms with E-state index in [0.29, 0.717) is 6.42 Å². The Kier molecular flexibility index (Phi) is 2.99. The summed E-state index contributed by atoms with van der Waals surface area (Å²) in [6.45, 7) is 2.05. The number of ether oxygens (including phenoxy) is 1. The molecule has 1 fully saturated rings. The number of allylic oxidation sites excluding steroid dienone is 1. The van der Waals surface area contributed by atoms with Crippen LogP contribution in [0.1, 0.15) is 26.2 Å². The fourth-order valence-corrected chi connectivity index (χ4v) is 2.72. The smallest absolute Gasteiger partial charge is 0.306 e. The van der Waals surface area contributed by atoms with Gasteiger partial charge in [-0.3, -0.25) is 9.59 Å². The number of aliphatic carboxylic acids is 1. The molecule has 1 N–H and O–H groups in total. The van der Waals surface area contributed by atoms with Crippen LogP contribution >= 0.6 is 0 Å². The highest BCUT2D eigenvalue weighted by Gasteiger charge is 2.44. The zero-order valence-electron chi connectivity index (χ0n) is 9.26. The Bertz CT molecular complexity index is 334. The molecule has 4 heteroatoms. The molecule has 1 heterocycles. The summed E-state index contributed by atoms with van der Waals surface area (Å²) in [4.78, 5) is 22.0. The summed E-state index contributed by atoms with van der Waals surface area (Å²) < 4.78 is 5.30. The van der Waals surface area contributed by atoms with Gasteiger partial charge in [-0.2, -0.15) is 0 Å². The van der Waals surface area contributed by atoms with Crippen LogP contribution in [0.15, 0.2) is 12.2 Å². The summed E-state index contributed by atoms with van der Waals surface area (Å²) in [6.07, 6.45) is 5.23. The van der Waals surface area contributed by atoms with Crippen LogP contribution in [0.3, 0.4) is 0 Å². The molecule has 1 aliphatic carbocycles. The van der Waals surface area contributed by atoms with Crippen molar-refractivity contribution < 1.29 is 19.4 Å². The zero-order valence-corrected chi connectivity index (χ0v) is 9.26. The van der Waals surface area contributed by atoms with Gasteiger partial charge in [0.1, 0.15) is 6.10 Å². The largest absolute Gasteiger partial charge is 0.481 e. The van der Waals surface area contributed by atoms with E-state index in [9.17, 15) is 9.59 Å². The normalized spacial score (nSPS) is 36.9. The maximum absolute atomic E-state index is 11.3. The minimum atomic E-state index is -0.817. The molecule has 0 amide bonds. The van der Waals surface area contributed by atoms with Crippen molar-refractivity contribution in [2.45, 2.75) is 32.3 Å². The Morgan fingerprint density at radius 3 is 2.81 bits per heavy atom. The Labute approximate surface area is 94.3 Å². The Balaban J connectivity index is 2.17. The van der Waals surface area contributed by atoms with E-state index in [1.54, 1.807) is 0 Å². The molecular weight excluding hydrogens is 208 g/mol. The maximum Gasteiger partial charge on any atom is 0.306 e. The van der Waals surface area contributed by atoms with E-state index in [1.807, 2.05) is 12.2 Å². The number of carbonyl (C=O) groups is 2. The number of hydrogen-bond acceptors (Lipinski definition) is 3. The van der Waals surface area contributed by atoms with Gasteiger partial charge in [-0.05, 0) is 12.3 Å². The van der Waals surface area contributed by atoms with E-state index in [2.05, 4.69) is 6.92 Å². The van der Waals surface area contributed by atoms with Crippen LogP contribution < -0.4 is 0 Å². The van der Waals surface area contributed by atoms with Crippen LogP contribution in [0.25, 0.3) is 0 Å². The van der Waals surface area contributed by atoms with Crippen LogP contribution in [0.2, 0.25) is 0 Å². The molecule has 0 unspecified atom stereocenters. The van der Waals surface area contributed by atoms with Gasteiger partial charge >= 0.3 is 11.9 Å². The molecule has 0 aromatic rings. The van der Waals surface area contributed by atoms with Gasteiger partial charge in [0.15, 0.2) is 0 Å². The molecule has 0 aromatic carbocycles. The van der Waals surface area contributed by atoms with Gasteiger partial charge in [-0.15, -0.1) is 0 Å². The third kappa shape index (κ3) is 1.96. The van der Waals surface area contributed by atoms with Gasteiger partial charge in [-0.25, -0.2) is 0 Å². The van der Waals surface area contributed by atoms with Crippen molar-refractivity contribution >= 4 is 11.9 Å². The van der Waals surface area contributed by atoms with E-state index < -0.39 is 5.97 Å². The lowest BCUT2D eigenvalue weighted by molar-refractivity contribution is -0.143. The number of hydrogen-bond donors (Lipinski definition) is 1. The Hall–Kier alpha value is -1.32. The molecule has 0 bridgehead atoms. The third-order valence-electron chi connectivity index (χ3n) is 3.55. The number of rotatable bonds is 3. The quantitative estimate of drug-likeness (QED) is 0.584. The van der Waals surface area contributed by atoms with Crippen LogP contribution in [0.4, 0.5) is 0 Å². The van der Waals surface area contributed by atoms with E-state index in [4.69, 9.17) is 9.84 Å². The topological polar surface area (TPSA) is 63.6 Å². The molecule has 88 valence electrons. The summed E-state index contributed by atoms with van der Waals surface area (Å²) >= 11 is 0. The number of esters is 1. The first-order chi connectivity index (χ1) is 7.61. The molecule has 2 rings (SSSR count). The van der Waals surface area contributed by atoms with Gasteiger partial charge in [0.25, 0.3) is 0 Å². The molecule has 0 spiro atoms. The SMILES string of the molecule is CC[C@@H]1C=C[C@@H](CC(=O)O)[C@@H]2CC(=O)O[C@@H]21. The summed E-state index contributed by atoms with van der Waals surface area (Å²) in [7, 11) is 0. The summed E-state index contributed by atoms with van der Waals surface area (Å²) in [6, 6.07) is 0. The van der Waals surface area contributed by atoms with Gasteiger partial charge < -0.3 is 9.84 Å². The van der Waals surface area contributed by atoms with Crippen LogP contribution in [-0.2, 0) is 14.3 Å². The van der Waals surface area contributed by atoms with Crippen molar-refractivity contribution in [2.24, 2.45) is 17.8 Å². The average molecular weight is 224 g/mol. The highest BCUT2D eigenvalue weighted by atomic mass is 16.6. The van der Waals surface area contributed by atoms with Crippen molar-refractivity contribution in [1.82, 2.24) is 0 Å². The highest BCUT2D eigenvalue weighted by Crippen LogP contribution is 2.40. The van der Waals surface area contributed by atoms with Crippen molar-refractivity contribution in [3.05, 3.63) is 12.2 Å². The van der Waals surface area contributed by atoms with Crippen molar-refractivity contribution in [2.75, 3.05) is 0 Å². The van der Waals surface area contributed by atoms with Crippen molar-refractivity contribution in [3.8, 4) is 0 Å². The predicted molar refractivity (Wildman–Crippen MR) is 56.7 cm³/mol. The molecule has 0 saturated carbocycles. The molecule has 4 atom stereocenters. The number of fused-ring (bicyclic) bond motifs is 1. The van der Waals surface area contributed by atoms with E-state index in [0.717, 1.165) is 6.42 Å². The highest BCUT2D eigenvalue weighted by molar-refractivity contribution is 5.73. The lowest BCUT2D eigenvalue weighted by Crippen LogP contribution is -2.33. The first kappa shape index (κ1) is 11.2. The molecular formula is C12H16O4. The van der Waals surface area contributed by atoms with Gasteiger partial charge in [0, 0.05) is 11.8 Å². The van der Waals surface area contributed by atoms with Crippen LogP contribution in [0, 0.1) is 17.8 Å². The first-order valence-corrected chi connectivity index (χ1v) is 5.71. The third-order valence-corrected chi connectivity index (χ3v) is 3.55. The minimum Gasteiger partial charge on any atom is -0.481 e. The number of carboxylic acid groups (broad SMARTS) is 1. The minimum absolute atomic E-state index is 0.0542. The average Bonchev–Trinajstić information content (AvgIpc) is 2.59. The van der Waals surface area contributed by atoms with Crippen molar-refractivity contribution in [1.29, 1.82) is 0 Å². The second-order valence-corrected chi connectivity index (χ2v) is 4.54. The lowest BCUT2D eigenvalue weighted by atomic mass is 9.74. The second kappa shape index (κ2) is 4.28. The Morgan fingerprint density at radius 2 is 2.19 bits per heavy atom. The molecule has 2 aliphatic rings. The molecule has 0 aromatic heterocycles. The fourth-order valence-electron chi connectivity index (χ4n) is 2.72. The summed E-state index contributed by atoms with van der Waals surface area (Å²) in [5, 5.41) is 8.82. The lowest BCUT2D eigenvalue weighted by Gasteiger charge is -2.32. The number of carbonyl (C=O) groups excluding carboxylic acids is 1. The standard InChI is InChI=1S/C12H16O4/c1-2-7-3-4-8(5-10(13)14)9-6-11(15)16-12(7)9/h3-4,7-9,12H,2,5-6H2,1H3,(H,13,14)/t7-,8+,9+,12-/m1/s1. The van der Waals surface area contributed by atoms with Gasteiger partial charge in [0.05, 0.1) is 12.8 Å². The van der Waals surface area contributed by atoms with E-state index in [1.165, 1.54) is 0 Å². The van der Waals surface area contributed by atoms with E-state index in [-0.39, 0.29) is 36.2 Å². The second-order valence-electron chi connectivity index (χ2n) is 4.54. The fraction of sp³-hybridized carbons (Fsp3) is 0.667. The molecule has 16 heavy (non-hydrogen) atoms. The maximum atomic E-state index is 11.3. The van der Waals surface area contributed by atoms with Crippen LogP contribution in [0.5, 0.6) is 0 Å². The first-order valence-electron chi connectivity index (χ1n) is 5.71. The van der Waals surface area contributed by atoms with Gasteiger partial charge in [-0.1, -0.05) is 19.1 Å². The Morgan fingerprint density at radius 1 is 1.50 bits per heavy atom. The van der Waals surface area contributed by atoms with Gasteiger partial charge in [0.2, 0.25) is 0 Å². The van der Waals surface area contributed by atoms with Crippen LogP contribution in [-0.4, -0.2) is 23.1 Å². The summed E-state index contributed by atoms with van der Waals surface area (Å²) in [5.41, 5.74) is 0. The van der Waals surface area contributed by atoms with Crippen molar-refractivity contribution in [3.63, 3.8) is 0 Å². The molecule has 1 aliphatic heterocycles. The zero-order chi connectivity index (χ0) is 11.7. The monoisotopic (exact) mass is 224 g/mol. The predicted octanol–water partition coefficient (Wildman–Crippen LogP) is 1.60. The molecule has 1 saturated heterocycles. The molecule has 0 radical (unpaired) electrons. The number of carboxylic acids is 1. The molecule has 4 nitrogen and oxygen atoms in total. The van der Waals surface area contributed by atoms with E-state index >= 15 is 0 Å².